The monoisotopic (exact) mass is 325 g/mol. The van der Waals surface area contributed by atoms with Gasteiger partial charge in [0.2, 0.25) is 0 Å². The molecule has 2 aromatic rings. The Kier molecular flexibility index (Phi) is 5.20. The van der Waals surface area contributed by atoms with Crippen LogP contribution >= 0.6 is 0 Å². The summed E-state index contributed by atoms with van der Waals surface area (Å²) in [6.07, 6.45) is 5.01. The number of hydrogen-bond donors (Lipinski definition) is 1. The highest BCUT2D eigenvalue weighted by Gasteiger charge is 2.28. The number of aromatic nitrogens is 2. The molecule has 0 saturated carbocycles. The molecule has 1 aliphatic rings. The Balaban J connectivity index is 1.56. The number of nitrogens with zero attached hydrogens (tertiary/aromatic N) is 3. The number of carbonyl (C=O) groups excluding carboxylic acids is 1. The summed E-state index contributed by atoms with van der Waals surface area (Å²) in [5, 5.41) is 10.5. The Labute approximate surface area is 142 Å². The lowest BCUT2D eigenvalue weighted by Gasteiger charge is -2.34. The number of aliphatic hydroxyl groups is 1. The first-order valence-corrected chi connectivity index (χ1v) is 8.43. The summed E-state index contributed by atoms with van der Waals surface area (Å²) in [5.74, 6) is 0.228. The Bertz CT molecular complexity index is 682. The maximum atomic E-state index is 12.6. The van der Waals surface area contributed by atoms with Crippen LogP contribution in [0.15, 0.2) is 42.9 Å². The fourth-order valence-electron chi connectivity index (χ4n) is 3.28. The van der Waals surface area contributed by atoms with Crippen LogP contribution in [0.25, 0.3) is 0 Å². The van der Waals surface area contributed by atoms with Crippen molar-refractivity contribution >= 4 is 5.91 Å². The van der Waals surface area contributed by atoms with Crippen molar-refractivity contribution in [3.05, 3.63) is 59.7 Å². The molecule has 5 heteroatoms. The maximum absolute atomic E-state index is 12.6. The number of aryl methyl sites for hydroxylation is 1. The molecule has 1 fully saturated rings. The van der Waals surface area contributed by atoms with Gasteiger partial charge in [-0.05, 0) is 37.7 Å². The van der Waals surface area contributed by atoms with E-state index in [4.69, 9.17) is 0 Å². The molecule has 0 unspecified atom stereocenters. The summed E-state index contributed by atoms with van der Waals surface area (Å²) in [5.41, 5.74) is 2.43. The standard InChI is InChI=1S/C19H23N3O2/c1-14-17(12-20-13-21-14)19(24)22-9-7-16(8-10-22)18(23)11-15-5-3-2-4-6-15/h2-6,12-13,16,18,23H,7-11H2,1H3/t18-/m1/s1. The van der Waals surface area contributed by atoms with Crippen LogP contribution in [0.2, 0.25) is 0 Å². The second-order valence-electron chi connectivity index (χ2n) is 6.41. The summed E-state index contributed by atoms with van der Waals surface area (Å²) in [4.78, 5) is 22.5. The second kappa shape index (κ2) is 7.53. The van der Waals surface area contributed by atoms with Gasteiger partial charge in [-0.2, -0.15) is 0 Å². The van der Waals surface area contributed by atoms with Crippen LogP contribution in [-0.2, 0) is 6.42 Å². The average Bonchev–Trinajstić information content (AvgIpc) is 2.62. The van der Waals surface area contributed by atoms with E-state index >= 15 is 0 Å². The van der Waals surface area contributed by atoms with E-state index in [1.807, 2.05) is 42.2 Å². The van der Waals surface area contributed by atoms with Crippen molar-refractivity contribution in [2.45, 2.75) is 32.3 Å². The summed E-state index contributed by atoms with van der Waals surface area (Å²) < 4.78 is 0. The molecule has 1 aromatic carbocycles. The molecular formula is C19H23N3O2. The number of likely N-dealkylation sites (tertiary alicyclic amines) is 1. The van der Waals surface area contributed by atoms with Crippen molar-refractivity contribution in [2.75, 3.05) is 13.1 Å². The van der Waals surface area contributed by atoms with E-state index < -0.39 is 0 Å². The van der Waals surface area contributed by atoms with E-state index in [9.17, 15) is 9.90 Å². The Morgan fingerprint density at radius 3 is 2.67 bits per heavy atom. The predicted molar refractivity (Wildman–Crippen MR) is 91.5 cm³/mol. The van der Waals surface area contributed by atoms with Gasteiger partial charge >= 0.3 is 0 Å². The molecule has 1 amide bonds. The highest BCUT2D eigenvalue weighted by atomic mass is 16.3. The molecule has 126 valence electrons. The first-order valence-electron chi connectivity index (χ1n) is 8.43. The number of amides is 1. The zero-order valence-corrected chi connectivity index (χ0v) is 13.9. The van der Waals surface area contributed by atoms with Crippen molar-refractivity contribution in [1.29, 1.82) is 0 Å². The van der Waals surface area contributed by atoms with Gasteiger partial charge in [0.15, 0.2) is 0 Å². The summed E-state index contributed by atoms with van der Waals surface area (Å²) >= 11 is 0. The van der Waals surface area contributed by atoms with Crippen LogP contribution in [0.3, 0.4) is 0 Å². The van der Waals surface area contributed by atoms with E-state index in [2.05, 4.69) is 9.97 Å². The third kappa shape index (κ3) is 3.79. The smallest absolute Gasteiger partial charge is 0.257 e. The normalized spacial score (nSPS) is 16.8. The fourth-order valence-corrected chi connectivity index (χ4v) is 3.28. The molecule has 1 aliphatic heterocycles. The SMILES string of the molecule is Cc1ncncc1C(=O)N1CCC([C@H](O)Cc2ccccc2)CC1. The molecule has 3 rings (SSSR count). The molecule has 5 nitrogen and oxygen atoms in total. The van der Waals surface area contributed by atoms with E-state index in [1.165, 1.54) is 6.33 Å². The second-order valence-corrected chi connectivity index (χ2v) is 6.41. The summed E-state index contributed by atoms with van der Waals surface area (Å²) in [6, 6.07) is 10.1. The number of aliphatic hydroxyl groups excluding tert-OH is 1. The van der Waals surface area contributed by atoms with Gasteiger partial charge in [-0.1, -0.05) is 30.3 Å². The van der Waals surface area contributed by atoms with Gasteiger partial charge in [0.25, 0.3) is 5.91 Å². The lowest BCUT2D eigenvalue weighted by Crippen LogP contribution is -2.42. The number of hydrogen-bond acceptors (Lipinski definition) is 4. The molecule has 24 heavy (non-hydrogen) atoms. The van der Waals surface area contributed by atoms with Gasteiger partial charge in [-0.3, -0.25) is 4.79 Å². The number of benzene rings is 1. The average molecular weight is 325 g/mol. The lowest BCUT2D eigenvalue weighted by atomic mass is 9.87. The molecule has 0 spiro atoms. The third-order valence-electron chi connectivity index (χ3n) is 4.80. The molecule has 2 heterocycles. The van der Waals surface area contributed by atoms with E-state index in [-0.39, 0.29) is 17.9 Å². The fraction of sp³-hybridized carbons (Fsp3) is 0.421. The Morgan fingerprint density at radius 1 is 1.29 bits per heavy atom. The zero-order valence-electron chi connectivity index (χ0n) is 13.9. The molecular weight excluding hydrogens is 302 g/mol. The van der Waals surface area contributed by atoms with Crippen molar-refractivity contribution in [1.82, 2.24) is 14.9 Å². The van der Waals surface area contributed by atoms with Crippen LogP contribution in [0.4, 0.5) is 0 Å². The maximum Gasteiger partial charge on any atom is 0.257 e. The van der Waals surface area contributed by atoms with E-state index in [1.54, 1.807) is 6.20 Å². The Morgan fingerprint density at radius 2 is 2.00 bits per heavy atom. The predicted octanol–water partition coefficient (Wildman–Crippen LogP) is 2.24. The van der Waals surface area contributed by atoms with Crippen LogP contribution in [-0.4, -0.2) is 45.1 Å². The number of carbonyl (C=O) groups is 1. The quantitative estimate of drug-likeness (QED) is 0.936. The number of piperidine rings is 1. The number of rotatable bonds is 4. The van der Waals surface area contributed by atoms with Crippen molar-refractivity contribution in [3.8, 4) is 0 Å². The Hall–Kier alpha value is -2.27. The molecule has 0 aliphatic carbocycles. The van der Waals surface area contributed by atoms with Gasteiger partial charge in [-0.25, -0.2) is 9.97 Å². The molecule has 1 saturated heterocycles. The van der Waals surface area contributed by atoms with Gasteiger partial charge < -0.3 is 10.0 Å². The van der Waals surface area contributed by atoms with Crippen LogP contribution in [0.1, 0.15) is 34.5 Å². The van der Waals surface area contributed by atoms with Crippen LogP contribution < -0.4 is 0 Å². The van der Waals surface area contributed by atoms with Crippen LogP contribution in [0.5, 0.6) is 0 Å². The van der Waals surface area contributed by atoms with Gasteiger partial charge in [0.1, 0.15) is 6.33 Å². The minimum absolute atomic E-state index is 0.0101. The van der Waals surface area contributed by atoms with Gasteiger partial charge in [0, 0.05) is 19.3 Å². The molecule has 1 N–H and O–H groups in total. The summed E-state index contributed by atoms with van der Waals surface area (Å²) in [6.45, 7) is 3.17. The first kappa shape index (κ1) is 16.6. The van der Waals surface area contributed by atoms with Gasteiger partial charge in [-0.15, -0.1) is 0 Å². The minimum Gasteiger partial charge on any atom is -0.392 e. The van der Waals surface area contributed by atoms with Crippen molar-refractivity contribution in [3.63, 3.8) is 0 Å². The molecule has 0 bridgehead atoms. The highest BCUT2D eigenvalue weighted by Crippen LogP contribution is 2.24. The minimum atomic E-state index is -0.355. The topological polar surface area (TPSA) is 66.3 Å². The molecule has 1 atom stereocenters. The van der Waals surface area contributed by atoms with Crippen LogP contribution in [0, 0.1) is 12.8 Å². The third-order valence-corrected chi connectivity index (χ3v) is 4.80. The van der Waals surface area contributed by atoms with Gasteiger partial charge in [0.05, 0.1) is 17.4 Å². The first-order chi connectivity index (χ1) is 11.6. The van der Waals surface area contributed by atoms with Crippen molar-refractivity contribution < 1.29 is 9.90 Å². The van der Waals surface area contributed by atoms with E-state index in [0.717, 1.165) is 18.4 Å². The van der Waals surface area contributed by atoms with Crippen molar-refractivity contribution in [2.24, 2.45) is 5.92 Å². The zero-order chi connectivity index (χ0) is 16.9. The summed E-state index contributed by atoms with van der Waals surface area (Å²) in [7, 11) is 0. The highest BCUT2D eigenvalue weighted by molar-refractivity contribution is 5.94. The molecule has 1 aromatic heterocycles. The van der Waals surface area contributed by atoms with E-state index in [0.29, 0.717) is 30.8 Å². The molecule has 0 radical (unpaired) electrons. The lowest BCUT2D eigenvalue weighted by molar-refractivity contribution is 0.0466. The largest absolute Gasteiger partial charge is 0.392 e.